The maximum absolute atomic E-state index is 13.6. The van der Waals surface area contributed by atoms with Crippen molar-refractivity contribution in [2.75, 3.05) is 6.61 Å². The van der Waals surface area contributed by atoms with Crippen LogP contribution in [0.25, 0.3) is 6.08 Å². The SMILES string of the molecule is CC1(C)C=Cc2c(ccc3c2OCC(O)(c2ccc(C(F)(F)F)cc2OCc2ccccc2)C3=O)O1. The summed E-state index contributed by atoms with van der Waals surface area (Å²) in [4.78, 5) is 13.6. The summed E-state index contributed by atoms with van der Waals surface area (Å²) in [6.07, 6.45) is -1.01. The van der Waals surface area contributed by atoms with Gasteiger partial charge in [-0.05, 0) is 55.8 Å². The van der Waals surface area contributed by atoms with Gasteiger partial charge in [-0.1, -0.05) is 36.4 Å². The number of alkyl halides is 3. The van der Waals surface area contributed by atoms with Crippen molar-refractivity contribution in [3.63, 3.8) is 0 Å². The number of carbonyl (C=O) groups excluding carboxylic acids is 1. The first-order chi connectivity index (χ1) is 17.0. The molecule has 8 heteroatoms. The molecule has 3 aromatic carbocycles. The highest BCUT2D eigenvalue weighted by Crippen LogP contribution is 2.46. The smallest absolute Gasteiger partial charge is 0.416 e. The van der Waals surface area contributed by atoms with Gasteiger partial charge < -0.3 is 19.3 Å². The van der Waals surface area contributed by atoms with Gasteiger partial charge in [0.1, 0.15) is 36.1 Å². The standard InChI is InChI=1S/C28H23F3O5/c1-26(2)13-12-19-22(36-26)11-9-20-24(19)35-16-27(33,25(20)32)21-10-8-18(28(29,30)31)14-23(21)34-15-17-6-4-3-5-7-17/h3-14,33H,15-16H2,1-2H3. The number of hydrogen-bond acceptors (Lipinski definition) is 5. The van der Waals surface area contributed by atoms with Crippen LogP contribution in [0.2, 0.25) is 0 Å². The van der Waals surface area contributed by atoms with Crippen LogP contribution < -0.4 is 14.2 Å². The van der Waals surface area contributed by atoms with E-state index in [2.05, 4.69) is 0 Å². The van der Waals surface area contributed by atoms with Crippen LogP contribution >= 0.6 is 0 Å². The van der Waals surface area contributed by atoms with E-state index in [1.54, 1.807) is 42.5 Å². The third-order valence-electron chi connectivity index (χ3n) is 6.22. The third-order valence-corrected chi connectivity index (χ3v) is 6.22. The molecule has 0 bridgehead atoms. The minimum atomic E-state index is -4.63. The lowest BCUT2D eigenvalue weighted by Gasteiger charge is -2.36. The fourth-order valence-electron chi connectivity index (χ4n) is 4.32. The lowest BCUT2D eigenvalue weighted by molar-refractivity contribution is -0.137. The molecule has 186 valence electrons. The molecule has 1 unspecified atom stereocenters. The molecule has 1 atom stereocenters. The normalized spacial score (nSPS) is 20.1. The van der Waals surface area contributed by atoms with Crippen molar-refractivity contribution in [2.45, 2.75) is 37.8 Å². The first-order valence-electron chi connectivity index (χ1n) is 11.3. The van der Waals surface area contributed by atoms with Crippen molar-refractivity contribution in [1.82, 2.24) is 0 Å². The van der Waals surface area contributed by atoms with Crippen molar-refractivity contribution in [2.24, 2.45) is 0 Å². The highest BCUT2D eigenvalue weighted by atomic mass is 19.4. The molecule has 0 spiro atoms. The van der Waals surface area contributed by atoms with Crippen LogP contribution in [0.15, 0.2) is 66.7 Å². The molecule has 3 aromatic rings. The van der Waals surface area contributed by atoms with Gasteiger partial charge in [-0.25, -0.2) is 0 Å². The van der Waals surface area contributed by atoms with Gasteiger partial charge in [-0.3, -0.25) is 4.79 Å². The molecule has 5 rings (SSSR count). The van der Waals surface area contributed by atoms with Crippen LogP contribution in [0.3, 0.4) is 0 Å². The largest absolute Gasteiger partial charge is 0.488 e. The fourth-order valence-corrected chi connectivity index (χ4v) is 4.32. The predicted molar refractivity (Wildman–Crippen MR) is 126 cm³/mol. The molecule has 0 amide bonds. The van der Waals surface area contributed by atoms with Crippen LogP contribution in [0.5, 0.6) is 17.2 Å². The van der Waals surface area contributed by atoms with Gasteiger partial charge in [0.25, 0.3) is 0 Å². The highest BCUT2D eigenvalue weighted by Gasteiger charge is 2.47. The van der Waals surface area contributed by atoms with Crippen LogP contribution in [0.1, 0.15) is 46.5 Å². The number of Topliss-reactive ketones (excluding diaryl/α,β-unsaturated/α-hetero) is 1. The van der Waals surface area contributed by atoms with E-state index < -0.39 is 35.3 Å². The van der Waals surface area contributed by atoms with E-state index in [0.717, 1.165) is 18.2 Å². The zero-order chi connectivity index (χ0) is 25.7. The Morgan fingerprint density at radius 3 is 2.53 bits per heavy atom. The molecule has 5 nitrogen and oxygen atoms in total. The maximum atomic E-state index is 13.6. The van der Waals surface area contributed by atoms with Crippen molar-refractivity contribution in [1.29, 1.82) is 0 Å². The number of ketones is 1. The van der Waals surface area contributed by atoms with Crippen molar-refractivity contribution in [3.8, 4) is 17.2 Å². The van der Waals surface area contributed by atoms with E-state index in [9.17, 15) is 23.1 Å². The molecule has 0 aromatic heterocycles. The predicted octanol–water partition coefficient (Wildman–Crippen LogP) is 5.93. The summed E-state index contributed by atoms with van der Waals surface area (Å²) in [5.74, 6) is -0.165. The van der Waals surface area contributed by atoms with Crippen molar-refractivity contribution >= 4 is 11.9 Å². The Bertz CT molecular complexity index is 1360. The number of rotatable bonds is 4. The second-order valence-corrected chi connectivity index (χ2v) is 9.35. The molecule has 0 fully saturated rings. The molecule has 2 aliphatic heterocycles. The van der Waals surface area contributed by atoms with Gasteiger partial charge in [0.2, 0.25) is 5.78 Å². The van der Waals surface area contributed by atoms with Gasteiger partial charge in [-0.15, -0.1) is 0 Å². The number of ether oxygens (including phenoxy) is 3. The maximum Gasteiger partial charge on any atom is 0.416 e. The summed E-state index contributed by atoms with van der Waals surface area (Å²) in [7, 11) is 0. The lowest BCUT2D eigenvalue weighted by Crippen LogP contribution is -2.45. The first-order valence-corrected chi connectivity index (χ1v) is 11.3. The topological polar surface area (TPSA) is 65.0 Å². The summed E-state index contributed by atoms with van der Waals surface area (Å²) in [6.45, 7) is 3.22. The van der Waals surface area contributed by atoms with E-state index in [0.29, 0.717) is 16.9 Å². The molecule has 2 aliphatic rings. The minimum Gasteiger partial charge on any atom is -0.488 e. The van der Waals surface area contributed by atoms with Crippen LogP contribution in [0.4, 0.5) is 13.2 Å². The molecule has 2 heterocycles. The summed E-state index contributed by atoms with van der Waals surface area (Å²) in [5.41, 5.74) is -2.47. The Hall–Kier alpha value is -3.78. The molecular formula is C28H23F3O5. The van der Waals surface area contributed by atoms with Crippen molar-refractivity contribution in [3.05, 3.63) is 94.6 Å². The Morgan fingerprint density at radius 2 is 1.81 bits per heavy atom. The molecule has 0 saturated heterocycles. The van der Waals surface area contributed by atoms with E-state index in [1.807, 2.05) is 19.9 Å². The number of halogens is 3. The second kappa shape index (κ2) is 8.41. The van der Waals surface area contributed by atoms with Gasteiger partial charge in [0.05, 0.1) is 16.7 Å². The summed E-state index contributed by atoms with van der Waals surface area (Å²) in [5, 5.41) is 11.5. The quantitative estimate of drug-likeness (QED) is 0.485. The number of fused-ring (bicyclic) bond motifs is 3. The molecule has 1 N–H and O–H groups in total. The monoisotopic (exact) mass is 496 g/mol. The number of aliphatic hydroxyl groups is 1. The van der Waals surface area contributed by atoms with Crippen LogP contribution in [-0.2, 0) is 18.4 Å². The van der Waals surface area contributed by atoms with E-state index >= 15 is 0 Å². The van der Waals surface area contributed by atoms with E-state index in [-0.39, 0.29) is 29.2 Å². The molecule has 0 radical (unpaired) electrons. The summed E-state index contributed by atoms with van der Waals surface area (Å²) < 4.78 is 57.9. The molecular weight excluding hydrogens is 473 g/mol. The highest BCUT2D eigenvalue weighted by molar-refractivity contribution is 6.07. The Morgan fingerprint density at radius 1 is 1.06 bits per heavy atom. The van der Waals surface area contributed by atoms with Crippen LogP contribution in [0, 0.1) is 0 Å². The fraction of sp³-hybridized carbons (Fsp3) is 0.250. The molecule has 36 heavy (non-hydrogen) atoms. The Labute approximate surface area is 205 Å². The average Bonchev–Trinajstić information content (AvgIpc) is 2.84. The average molecular weight is 496 g/mol. The van der Waals surface area contributed by atoms with E-state index in [1.165, 1.54) is 6.07 Å². The molecule has 0 aliphatic carbocycles. The zero-order valence-corrected chi connectivity index (χ0v) is 19.6. The van der Waals surface area contributed by atoms with Gasteiger partial charge in [0, 0.05) is 5.56 Å². The van der Waals surface area contributed by atoms with Crippen molar-refractivity contribution < 1.29 is 37.3 Å². The third kappa shape index (κ3) is 4.22. The van der Waals surface area contributed by atoms with Gasteiger partial charge in [0.15, 0.2) is 5.60 Å². The zero-order valence-electron chi connectivity index (χ0n) is 19.6. The molecule has 0 saturated carbocycles. The summed E-state index contributed by atoms with van der Waals surface area (Å²) in [6, 6.07) is 14.7. The number of hydrogen-bond donors (Lipinski definition) is 1. The Balaban J connectivity index is 1.55. The second-order valence-electron chi connectivity index (χ2n) is 9.35. The number of benzene rings is 3. The number of carbonyl (C=O) groups is 1. The van der Waals surface area contributed by atoms with Gasteiger partial charge in [-0.2, -0.15) is 13.2 Å². The lowest BCUT2D eigenvalue weighted by atomic mass is 9.82. The van der Waals surface area contributed by atoms with E-state index in [4.69, 9.17) is 14.2 Å². The minimum absolute atomic E-state index is 0.0533. The Kier molecular flexibility index (Phi) is 5.59. The first kappa shape index (κ1) is 23.9. The van der Waals surface area contributed by atoms with Crippen LogP contribution in [-0.4, -0.2) is 23.1 Å². The van der Waals surface area contributed by atoms with Gasteiger partial charge >= 0.3 is 6.18 Å². The summed E-state index contributed by atoms with van der Waals surface area (Å²) >= 11 is 0.